The molecule has 0 spiro atoms. The molecule has 0 saturated heterocycles. The van der Waals surface area contributed by atoms with Crippen LogP contribution in [0.1, 0.15) is 11.3 Å². The van der Waals surface area contributed by atoms with Crippen LogP contribution in [0, 0.1) is 11.8 Å². The smallest absolute Gasteiger partial charge is 0.124 e. The molecule has 0 bridgehead atoms. The largest absolute Gasteiger partial charge is 0.265 e. The summed E-state index contributed by atoms with van der Waals surface area (Å²) < 4.78 is 0. The van der Waals surface area contributed by atoms with Crippen molar-refractivity contribution in [2.24, 2.45) is 0 Å². The van der Waals surface area contributed by atoms with E-state index in [1.165, 1.54) is 6.33 Å². The van der Waals surface area contributed by atoms with E-state index in [2.05, 4.69) is 26.8 Å². The Balaban J connectivity index is 2.02. The first-order valence-corrected chi connectivity index (χ1v) is 6.21. The standard InChI is InChI=1S/C17H11N3/c1-2-4-14(5-3-1)6-7-17-16(12-19-13-20-17)15-8-10-18-11-9-15/h1-5,8-13H. The molecule has 0 aliphatic carbocycles. The topological polar surface area (TPSA) is 38.7 Å². The Kier molecular flexibility index (Phi) is 3.48. The predicted octanol–water partition coefficient (Wildman–Crippen LogP) is 2.94. The molecule has 0 aliphatic heterocycles. The molecule has 0 aliphatic rings. The first kappa shape index (κ1) is 12.1. The molecule has 3 nitrogen and oxygen atoms in total. The number of rotatable bonds is 1. The molecule has 3 rings (SSSR count). The minimum atomic E-state index is 0.718. The molecule has 2 heterocycles. The molecule has 0 saturated carbocycles. The van der Waals surface area contributed by atoms with Gasteiger partial charge in [0.2, 0.25) is 0 Å². The van der Waals surface area contributed by atoms with Gasteiger partial charge in [0.1, 0.15) is 12.0 Å². The highest BCUT2D eigenvalue weighted by molar-refractivity contribution is 5.68. The van der Waals surface area contributed by atoms with Gasteiger partial charge in [-0.15, -0.1) is 0 Å². The van der Waals surface area contributed by atoms with Crippen LogP contribution in [0.2, 0.25) is 0 Å². The summed E-state index contributed by atoms with van der Waals surface area (Å²) in [5, 5.41) is 0. The van der Waals surface area contributed by atoms with E-state index in [-0.39, 0.29) is 0 Å². The van der Waals surface area contributed by atoms with Gasteiger partial charge in [0.05, 0.1) is 0 Å². The van der Waals surface area contributed by atoms with Gasteiger partial charge in [-0.1, -0.05) is 24.1 Å². The van der Waals surface area contributed by atoms with E-state index in [0.717, 1.165) is 22.4 Å². The minimum Gasteiger partial charge on any atom is -0.265 e. The van der Waals surface area contributed by atoms with Crippen LogP contribution in [0.15, 0.2) is 67.4 Å². The number of hydrogen-bond donors (Lipinski definition) is 0. The van der Waals surface area contributed by atoms with Crippen molar-refractivity contribution in [3.63, 3.8) is 0 Å². The predicted molar refractivity (Wildman–Crippen MR) is 77.7 cm³/mol. The van der Waals surface area contributed by atoms with Gasteiger partial charge >= 0.3 is 0 Å². The van der Waals surface area contributed by atoms with Crippen molar-refractivity contribution in [3.8, 4) is 23.0 Å². The highest BCUT2D eigenvalue weighted by Crippen LogP contribution is 2.19. The van der Waals surface area contributed by atoms with E-state index < -0.39 is 0 Å². The van der Waals surface area contributed by atoms with E-state index in [1.807, 2.05) is 42.5 Å². The molecular formula is C17H11N3. The first-order chi connectivity index (χ1) is 9.93. The van der Waals surface area contributed by atoms with Gasteiger partial charge in [0.25, 0.3) is 0 Å². The van der Waals surface area contributed by atoms with Gasteiger partial charge in [-0.25, -0.2) is 9.97 Å². The zero-order valence-electron chi connectivity index (χ0n) is 10.7. The van der Waals surface area contributed by atoms with Crippen LogP contribution in [0.3, 0.4) is 0 Å². The van der Waals surface area contributed by atoms with Gasteiger partial charge in [0.15, 0.2) is 0 Å². The van der Waals surface area contributed by atoms with Crippen LogP contribution < -0.4 is 0 Å². The van der Waals surface area contributed by atoms with Gasteiger partial charge in [-0.2, -0.15) is 0 Å². The van der Waals surface area contributed by atoms with Crippen molar-refractivity contribution in [3.05, 3.63) is 78.6 Å². The number of aromatic nitrogens is 3. The summed E-state index contributed by atoms with van der Waals surface area (Å²) in [4.78, 5) is 12.4. The molecule has 0 amide bonds. The monoisotopic (exact) mass is 257 g/mol. The summed E-state index contributed by atoms with van der Waals surface area (Å²) in [6, 6.07) is 13.7. The maximum Gasteiger partial charge on any atom is 0.124 e. The molecule has 0 N–H and O–H groups in total. The third kappa shape index (κ3) is 2.70. The third-order valence-electron chi connectivity index (χ3n) is 2.80. The summed E-state index contributed by atoms with van der Waals surface area (Å²) in [6.07, 6.45) is 6.78. The lowest BCUT2D eigenvalue weighted by Gasteiger charge is -2.01. The molecule has 3 heteroatoms. The Morgan fingerprint density at radius 3 is 2.40 bits per heavy atom. The van der Waals surface area contributed by atoms with E-state index in [1.54, 1.807) is 18.6 Å². The van der Waals surface area contributed by atoms with Gasteiger partial charge in [-0.05, 0) is 35.7 Å². The lowest BCUT2D eigenvalue weighted by Crippen LogP contribution is -1.90. The van der Waals surface area contributed by atoms with Crippen LogP contribution in [0.25, 0.3) is 11.1 Å². The van der Waals surface area contributed by atoms with E-state index in [0.29, 0.717) is 0 Å². The number of benzene rings is 1. The highest BCUT2D eigenvalue weighted by atomic mass is 14.8. The zero-order valence-corrected chi connectivity index (χ0v) is 10.7. The summed E-state index contributed by atoms with van der Waals surface area (Å²) in [7, 11) is 0. The SMILES string of the molecule is C(#Cc1ncncc1-c1ccncc1)c1ccccc1. The number of pyridine rings is 1. The first-order valence-electron chi connectivity index (χ1n) is 6.21. The van der Waals surface area contributed by atoms with Crippen molar-refractivity contribution in [2.75, 3.05) is 0 Å². The van der Waals surface area contributed by atoms with Crippen molar-refractivity contribution in [1.29, 1.82) is 0 Å². The molecule has 2 aromatic heterocycles. The van der Waals surface area contributed by atoms with E-state index in [9.17, 15) is 0 Å². The number of nitrogens with zero attached hydrogens (tertiary/aromatic N) is 3. The Hall–Kier alpha value is -2.99. The molecule has 3 aromatic rings. The molecule has 0 atom stereocenters. The molecular weight excluding hydrogens is 246 g/mol. The Labute approximate surface area is 117 Å². The second kappa shape index (κ2) is 5.77. The molecule has 1 aromatic carbocycles. The molecule has 0 radical (unpaired) electrons. The summed E-state index contributed by atoms with van der Waals surface area (Å²) >= 11 is 0. The third-order valence-corrected chi connectivity index (χ3v) is 2.80. The summed E-state index contributed by atoms with van der Waals surface area (Å²) in [5.74, 6) is 6.22. The fraction of sp³-hybridized carbons (Fsp3) is 0. The fourth-order valence-electron chi connectivity index (χ4n) is 1.82. The fourth-order valence-corrected chi connectivity index (χ4v) is 1.82. The highest BCUT2D eigenvalue weighted by Gasteiger charge is 2.03. The van der Waals surface area contributed by atoms with Crippen LogP contribution >= 0.6 is 0 Å². The van der Waals surface area contributed by atoms with Crippen LogP contribution in [0.5, 0.6) is 0 Å². The lowest BCUT2D eigenvalue weighted by molar-refractivity contribution is 1.15. The lowest BCUT2D eigenvalue weighted by atomic mass is 10.1. The summed E-state index contributed by atoms with van der Waals surface area (Å²) in [6.45, 7) is 0. The van der Waals surface area contributed by atoms with Crippen LogP contribution in [-0.2, 0) is 0 Å². The second-order valence-electron chi connectivity index (χ2n) is 4.14. The van der Waals surface area contributed by atoms with Crippen LogP contribution in [-0.4, -0.2) is 15.0 Å². The molecule has 20 heavy (non-hydrogen) atoms. The molecule has 0 unspecified atom stereocenters. The Morgan fingerprint density at radius 1 is 0.800 bits per heavy atom. The second-order valence-corrected chi connectivity index (χ2v) is 4.14. The molecule has 94 valence electrons. The molecule has 0 fully saturated rings. The minimum absolute atomic E-state index is 0.718. The van der Waals surface area contributed by atoms with Crippen LogP contribution in [0.4, 0.5) is 0 Å². The van der Waals surface area contributed by atoms with E-state index in [4.69, 9.17) is 0 Å². The normalized spacial score (nSPS) is 9.60. The maximum atomic E-state index is 4.27. The van der Waals surface area contributed by atoms with E-state index >= 15 is 0 Å². The van der Waals surface area contributed by atoms with Crippen molar-refractivity contribution >= 4 is 0 Å². The van der Waals surface area contributed by atoms with Gasteiger partial charge in [0, 0.05) is 29.7 Å². The van der Waals surface area contributed by atoms with Crippen molar-refractivity contribution in [2.45, 2.75) is 0 Å². The average molecular weight is 257 g/mol. The average Bonchev–Trinajstić information content (AvgIpc) is 2.55. The quantitative estimate of drug-likeness (QED) is 0.629. The summed E-state index contributed by atoms with van der Waals surface area (Å²) in [5.41, 5.74) is 3.61. The van der Waals surface area contributed by atoms with Crippen molar-refractivity contribution in [1.82, 2.24) is 15.0 Å². The van der Waals surface area contributed by atoms with Gasteiger partial charge < -0.3 is 0 Å². The maximum absolute atomic E-state index is 4.27. The zero-order chi connectivity index (χ0) is 13.6. The Morgan fingerprint density at radius 2 is 1.60 bits per heavy atom. The van der Waals surface area contributed by atoms with Crippen molar-refractivity contribution < 1.29 is 0 Å². The Bertz CT molecular complexity index is 756. The number of hydrogen-bond acceptors (Lipinski definition) is 3. The van der Waals surface area contributed by atoms with Gasteiger partial charge in [-0.3, -0.25) is 4.98 Å².